The summed E-state index contributed by atoms with van der Waals surface area (Å²) in [6, 6.07) is 9.24. The Kier molecular flexibility index (Phi) is 2.83. The van der Waals surface area contributed by atoms with Gasteiger partial charge in [-0.15, -0.1) is 0 Å². The quantitative estimate of drug-likeness (QED) is 0.581. The van der Waals surface area contributed by atoms with Crippen LogP contribution in [0.3, 0.4) is 0 Å². The summed E-state index contributed by atoms with van der Waals surface area (Å²) in [5.41, 5.74) is 0.682. The SMILES string of the molecule is O=C(O)c1ccc([N+](=O)[O-])c(-n2cnc3ccccc32)n1. The highest BCUT2D eigenvalue weighted by molar-refractivity contribution is 5.86. The van der Waals surface area contributed by atoms with Gasteiger partial charge in [-0.1, -0.05) is 12.1 Å². The van der Waals surface area contributed by atoms with Crippen molar-refractivity contribution in [3.8, 4) is 5.82 Å². The van der Waals surface area contributed by atoms with Crippen LogP contribution in [0.15, 0.2) is 42.7 Å². The van der Waals surface area contributed by atoms with Crippen molar-refractivity contribution >= 4 is 22.7 Å². The third kappa shape index (κ3) is 2.08. The summed E-state index contributed by atoms with van der Waals surface area (Å²) in [5.74, 6) is -1.33. The number of fused-ring (bicyclic) bond motifs is 1. The van der Waals surface area contributed by atoms with Crippen LogP contribution in [-0.2, 0) is 0 Å². The maximum atomic E-state index is 11.1. The van der Waals surface area contributed by atoms with E-state index >= 15 is 0 Å². The van der Waals surface area contributed by atoms with Crippen LogP contribution in [0, 0.1) is 10.1 Å². The van der Waals surface area contributed by atoms with Crippen LogP contribution in [0.1, 0.15) is 10.5 Å². The van der Waals surface area contributed by atoms with Gasteiger partial charge in [0.1, 0.15) is 6.33 Å². The molecule has 0 aliphatic carbocycles. The lowest BCUT2D eigenvalue weighted by molar-refractivity contribution is -0.384. The van der Waals surface area contributed by atoms with Crippen LogP contribution >= 0.6 is 0 Å². The molecule has 2 aromatic heterocycles. The number of hydrogen-bond acceptors (Lipinski definition) is 5. The van der Waals surface area contributed by atoms with Crippen molar-refractivity contribution in [3.05, 3.63) is 58.5 Å². The van der Waals surface area contributed by atoms with Crippen LogP contribution in [0.2, 0.25) is 0 Å². The van der Waals surface area contributed by atoms with Crippen molar-refractivity contribution in [2.75, 3.05) is 0 Å². The van der Waals surface area contributed by atoms with E-state index in [9.17, 15) is 14.9 Å². The second-order valence-electron chi connectivity index (χ2n) is 4.20. The van der Waals surface area contributed by atoms with Crippen LogP contribution < -0.4 is 0 Å². The fraction of sp³-hybridized carbons (Fsp3) is 0. The van der Waals surface area contributed by atoms with E-state index in [1.54, 1.807) is 24.3 Å². The minimum absolute atomic E-state index is 0.0754. The fourth-order valence-corrected chi connectivity index (χ4v) is 2.01. The number of aromatic nitrogens is 3. The van der Waals surface area contributed by atoms with Gasteiger partial charge in [-0.3, -0.25) is 14.7 Å². The molecule has 0 unspecified atom stereocenters. The summed E-state index contributed by atoms with van der Waals surface area (Å²) in [6.07, 6.45) is 1.38. The molecule has 3 rings (SSSR count). The number of para-hydroxylation sites is 2. The highest BCUT2D eigenvalue weighted by Crippen LogP contribution is 2.25. The molecule has 0 spiro atoms. The number of nitro groups is 1. The van der Waals surface area contributed by atoms with E-state index < -0.39 is 10.9 Å². The molecule has 21 heavy (non-hydrogen) atoms. The number of carbonyl (C=O) groups is 1. The molecule has 2 heterocycles. The van der Waals surface area contributed by atoms with Crippen molar-refractivity contribution in [2.45, 2.75) is 0 Å². The predicted octanol–water partition coefficient (Wildman–Crippen LogP) is 2.03. The third-order valence-electron chi connectivity index (χ3n) is 2.95. The van der Waals surface area contributed by atoms with Crippen LogP contribution in [0.25, 0.3) is 16.9 Å². The van der Waals surface area contributed by atoms with Gasteiger partial charge in [-0.2, -0.15) is 0 Å². The van der Waals surface area contributed by atoms with E-state index in [1.807, 2.05) is 0 Å². The van der Waals surface area contributed by atoms with Crippen LogP contribution in [-0.4, -0.2) is 30.5 Å². The lowest BCUT2D eigenvalue weighted by Gasteiger charge is -2.05. The summed E-state index contributed by atoms with van der Waals surface area (Å²) in [4.78, 5) is 29.5. The highest BCUT2D eigenvalue weighted by Gasteiger charge is 2.21. The van der Waals surface area contributed by atoms with E-state index in [2.05, 4.69) is 9.97 Å². The second-order valence-corrected chi connectivity index (χ2v) is 4.20. The molecular formula is C13H8N4O4. The van der Waals surface area contributed by atoms with Gasteiger partial charge in [0, 0.05) is 6.07 Å². The summed E-state index contributed by atoms with van der Waals surface area (Å²) in [5, 5.41) is 20.1. The zero-order chi connectivity index (χ0) is 15.0. The lowest BCUT2D eigenvalue weighted by atomic mass is 10.3. The number of aromatic carboxylic acids is 1. The molecule has 0 saturated carbocycles. The van der Waals surface area contributed by atoms with Gasteiger partial charge in [0.25, 0.3) is 0 Å². The smallest absolute Gasteiger partial charge is 0.354 e. The Hall–Kier alpha value is -3.29. The van der Waals surface area contributed by atoms with Gasteiger partial charge < -0.3 is 5.11 Å². The summed E-state index contributed by atoms with van der Waals surface area (Å²) in [6.45, 7) is 0. The van der Waals surface area contributed by atoms with Gasteiger partial charge in [0.2, 0.25) is 5.82 Å². The number of rotatable bonds is 3. The number of hydrogen-bond donors (Lipinski definition) is 1. The average molecular weight is 284 g/mol. The maximum absolute atomic E-state index is 11.1. The standard InChI is InChI=1S/C13H8N4O4/c18-13(19)9-5-6-11(17(20)21)12(15-9)16-7-14-8-3-1-2-4-10(8)16/h1-7H,(H,18,19). The number of carboxylic acids is 1. The van der Waals surface area contributed by atoms with Crippen molar-refractivity contribution in [2.24, 2.45) is 0 Å². The summed E-state index contributed by atoms with van der Waals surface area (Å²) >= 11 is 0. The van der Waals surface area contributed by atoms with Crippen LogP contribution in [0.5, 0.6) is 0 Å². The first-order valence-corrected chi connectivity index (χ1v) is 5.89. The monoisotopic (exact) mass is 284 g/mol. The van der Waals surface area contributed by atoms with Gasteiger partial charge in [0.15, 0.2) is 5.69 Å². The van der Waals surface area contributed by atoms with Crippen molar-refractivity contribution in [3.63, 3.8) is 0 Å². The van der Waals surface area contributed by atoms with E-state index in [0.29, 0.717) is 11.0 Å². The number of pyridine rings is 1. The topological polar surface area (TPSA) is 111 Å². The van der Waals surface area contributed by atoms with Crippen molar-refractivity contribution in [1.82, 2.24) is 14.5 Å². The molecule has 0 fully saturated rings. The Labute approximate surface area is 117 Å². The Morgan fingerprint density at radius 2 is 2.00 bits per heavy atom. The molecule has 8 heteroatoms. The minimum Gasteiger partial charge on any atom is -0.477 e. The Bertz CT molecular complexity index is 871. The second kappa shape index (κ2) is 4.67. The minimum atomic E-state index is -1.25. The van der Waals surface area contributed by atoms with Crippen molar-refractivity contribution < 1.29 is 14.8 Å². The largest absolute Gasteiger partial charge is 0.477 e. The van der Waals surface area contributed by atoms with E-state index in [0.717, 1.165) is 12.1 Å². The zero-order valence-electron chi connectivity index (χ0n) is 10.5. The molecule has 1 N–H and O–H groups in total. The van der Waals surface area contributed by atoms with Crippen LogP contribution in [0.4, 0.5) is 5.69 Å². The summed E-state index contributed by atoms with van der Waals surface area (Å²) in [7, 11) is 0. The molecule has 0 atom stereocenters. The molecule has 0 saturated heterocycles. The first-order chi connectivity index (χ1) is 10.1. The average Bonchev–Trinajstić information content (AvgIpc) is 2.90. The first kappa shape index (κ1) is 12.7. The van der Waals surface area contributed by atoms with Gasteiger partial charge in [0.05, 0.1) is 16.0 Å². The van der Waals surface area contributed by atoms with Gasteiger partial charge in [-0.25, -0.2) is 14.8 Å². The molecule has 8 nitrogen and oxygen atoms in total. The molecule has 1 aromatic carbocycles. The molecule has 0 aliphatic rings. The molecule has 3 aromatic rings. The Morgan fingerprint density at radius 3 is 2.71 bits per heavy atom. The highest BCUT2D eigenvalue weighted by atomic mass is 16.6. The molecular weight excluding hydrogens is 276 g/mol. The van der Waals surface area contributed by atoms with Gasteiger partial charge >= 0.3 is 11.7 Å². The normalized spacial score (nSPS) is 10.7. The number of benzene rings is 1. The number of imidazole rings is 1. The van der Waals surface area contributed by atoms with E-state index in [-0.39, 0.29) is 17.2 Å². The number of carboxylic acid groups (broad SMARTS) is 1. The van der Waals surface area contributed by atoms with Gasteiger partial charge in [-0.05, 0) is 18.2 Å². The molecule has 0 amide bonds. The van der Waals surface area contributed by atoms with E-state index in [4.69, 9.17) is 5.11 Å². The Morgan fingerprint density at radius 1 is 1.24 bits per heavy atom. The molecule has 0 radical (unpaired) electrons. The predicted molar refractivity (Wildman–Crippen MR) is 72.5 cm³/mol. The number of nitrogens with zero attached hydrogens (tertiary/aromatic N) is 4. The van der Waals surface area contributed by atoms with E-state index in [1.165, 1.54) is 10.9 Å². The van der Waals surface area contributed by atoms with Crippen molar-refractivity contribution in [1.29, 1.82) is 0 Å². The molecule has 104 valence electrons. The third-order valence-corrected chi connectivity index (χ3v) is 2.95. The maximum Gasteiger partial charge on any atom is 0.354 e. The first-order valence-electron chi connectivity index (χ1n) is 5.89. The molecule has 0 aliphatic heterocycles. The summed E-state index contributed by atoms with van der Waals surface area (Å²) < 4.78 is 1.40. The fourth-order valence-electron chi connectivity index (χ4n) is 2.01. The molecule has 0 bridgehead atoms. The zero-order valence-corrected chi connectivity index (χ0v) is 10.5. The lowest BCUT2D eigenvalue weighted by Crippen LogP contribution is -2.07. The Balaban J connectivity index is 2.31.